The van der Waals surface area contributed by atoms with Crippen LogP contribution in [-0.2, 0) is 11.2 Å². The first-order valence-electron chi connectivity index (χ1n) is 11.2. The Balaban J connectivity index is 1.38. The van der Waals surface area contributed by atoms with Crippen LogP contribution in [0.3, 0.4) is 0 Å². The first-order chi connectivity index (χ1) is 16.0. The molecular formula is C25H25N5O3. The fourth-order valence-electron chi connectivity index (χ4n) is 4.25. The van der Waals surface area contributed by atoms with Crippen LogP contribution >= 0.6 is 0 Å². The monoisotopic (exact) mass is 443 g/mol. The summed E-state index contributed by atoms with van der Waals surface area (Å²) in [6, 6.07) is 13.7. The van der Waals surface area contributed by atoms with Crippen LogP contribution < -0.4 is 10.1 Å². The normalized spacial score (nSPS) is 16.5. The lowest BCUT2D eigenvalue weighted by Gasteiger charge is -2.14. The molecule has 1 fully saturated rings. The predicted octanol–water partition coefficient (Wildman–Crippen LogP) is 3.48. The number of rotatable bonds is 7. The molecule has 0 spiro atoms. The Hall–Kier alpha value is -3.70. The van der Waals surface area contributed by atoms with Crippen molar-refractivity contribution in [3.63, 3.8) is 0 Å². The second kappa shape index (κ2) is 8.68. The van der Waals surface area contributed by atoms with E-state index in [4.69, 9.17) is 9.26 Å². The van der Waals surface area contributed by atoms with Gasteiger partial charge in [-0.15, -0.1) is 0 Å². The number of hydrogen-bond acceptors (Lipinski definition) is 7. The maximum Gasteiger partial charge on any atom is 0.258 e. The Morgan fingerprint density at radius 3 is 2.94 bits per heavy atom. The van der Waals surface area contributed by atoms with Crippen LogP contribution in [0.25, 0.3) is 22.8 Å². The summed E-state index contributed by atoms with van der Waals surface area (Å²) in [5, 5.41) is 17.1. The average molecular weight is 444 g/mol. The number of ether oxygens (including phenoxy) is 1. The van der Waals surface area contributed by atoms with E-state index in [2.05, 4.69) is 27.6 Å². The molecule has 2 aromatic carbocycles. The zero-order valence-corrected chi connectivity index (χ0v) is 18.7. The molecule has 1 aliphatic carbocycles. The molecule has 8 heteroatoms. The van der Waals surface area contributed by atoms with E-state index in [1.807, 2.05) is 36.9 Å². The minimum absolute atomic E-state index is 0.0271. The molecule has 0 radical (unpaired) electrons. The van der Waals surface area contributed by atoms with Crippen LogP contribution in [0.15, 0.2) is 40.9 Å². The van der Waals surface area contributed by atoms with E-state index < -0.39 is 0 Å². The third-order valence-corrected chi connectivity index (χ3v) is 5.95. The van der Waals surface area contributed by atoms with E-state index >= 15 is 0 Å². The topological polar surface area (TPSA) is 104 Å². The maximum atomic E-state index is 12.0. The van der Waals surface area contributed by atoms with Gasteiger partial charge in [0.25, 0.3) is 5.89 Å². The molecule has 1 N–H and O–H groups in total. The van der Waals surface area contributed by atoms with Crippen molar-refractivity contribution in [2.45, 2.75) is 38.8 Å². The number of nitrogens with zero attached hydrogens (tertiary/aromatic N) is 4. The second-order valence-corrected chi connectivity index (χ2v) is 8.64. The highest BCUT2D eigenvalue weighted by atomic mass is 16.5. The van der Waals surface area contributed by atoms with Crippen molar-refractivity contribution in [3.8, 4) is 34.7 Å². The number of fused-ring (bicyclic) bond motifs is 1. The summed E-state index contributed by atoms with van der Waals surface area (Å²) in [5.41, 5.74) is 4.39. The van der Waals surface area contributed by atoms with Crippen molar-refractivity contribution in [1.82, 2.24) is 20.4 Å². The maximum absolute atomic E-state index is 12.0. The fraction of sp³-hybridized carbons (Fsp3) is 0.360. The van der Waals surface area contributed by atoms with Crippen LogP contribution in [0.5, 0.6) is 5.75 Å². The summed E-state index contributed by atoms with van der Waals surface area (Å²) in [6.45, 7) is 5.94. The SMILES string of the molecule is CC(C)Oc1ccc(-c2nc(-c3cccc4c3CC[C@H]4NCC(=O)N3CC3)no2)cc1C#N. The molecule has 33 heavy (non-hydrogen) atoms. The molecule has 5 rings (SSSR count). The third kappa shape index (κ3) is 4.32. The largest absolute Gasteiger partial charge is 0.490 e. The summed E-state index contributed by atoms with van der Waals surface area (Å²) >= 11 is 0. The van der Waals surface area contributed by atoms with Gasteiger partial charge in [-0.3, -0.25) is 4.79 Å². The number of benzene rings is 2. The highest BCUT2D eigenvalue weighted by Crippen LogP contribution is 2.37. The van der Waals surface area contributed by atoms with E-state index in [1.54, 1.807) is 12.1 Å². The minimum Gasteiger partial charge on any atom is -0.490 e. The van der Waals surface area contributed by atoms with Crippen molar-refractivity contribution >= 4 is 5.91 Å². The van der Waals surface area contributed by atoms with E-state index in [9.17, 15) is 10.1 Å². The first kappa shape index (κ1) is 21.2. The highest BCUT2D eigenvalue weighted by molar-refractivity contribution is 5.80. The van der Waals surface area contributed by atoms with Gasteiger partial charge in [0.1, 0.15) is 11.8 Å². The van der Waals surface area contributed by atoms with Gasteiger partial charge in [0.2, 0.25) is 11.7 Å². The molecular weight excluding hydrogens is 418 g/mol. The van der Waals surface area contributed by atoms with Gasteiger partial charge in [0.15, 0.2) is 0 Å². The lowest BCUT2D eigenvalue weighted by Crippen LogP contribution is -2.30. The minimum atomic E-state index is -0.0271. The number of aromatic nitrogens is 2. The average Bonchev–Trinajstić information content (AvgIpc) is 3.41. The lowest BCUT2D eigenvalue weighted by molar-refractivity contribution is -0.124. The first-order valence-corrected chi connectivity index (χ1v) is 11.2. The Morgan fingerprint density at radius 1 is 1.33 bits per heavy atom. The van der Waals surface area contributed by atoms with Crippen molar-refractivity contribution in [3.05, 3.63) is 53.1 Å². The van der Waals surface area contributed by atoms with Crippen LogP contribution in [0.1, 0.15) is 43.0 Å². The summed E-state index contributed by atoms with van der Waals surface area (Å²) in [6.07, 6.45) is 1.78. The smallest absolute Gasteiger partial charge is 0.258 e. The molecule has 0 unspecified atom stereocenters. The second-order valence-electron chi connectivity index (χ2n) is 8.64. The van der Waals surface area contributed by atoms with Gasteiger partial charge in [0.05, 0.1) is 18.2 Å². The van der Waals surface area contributed by atoms with Crippen molar-refractivity contribution in [2.24, 2.45) is 0 Å². The van der Waals surface area contributed by atoms with Gasteiger partial charge in [-0.2, -0.15) is 10.2 Å². The van der Waals surface area contributed by atoms with Gasteiger partial charge in [-0.05, 0) is 56.0 Å². The predicted molar refractivity (Wildman–Crippen MR) is 121 cm³/mol. The lowest BCUT2D eigenvalue weighted by atomic mass is 10.0. The molecule has 3 aromatic rings. The molecule has 2 aliphatic rings. The number of nitriles is 1. The van der Waals surface area contributed by atoms with Gasteiger partial charge in [-0.1, -0.05) is 23.4 Å². The standard InChI is InChI=1S/C25H25N5O3/c1-15(2)32-22-9-6-16(12-17(22)13-26)25-28-24(29-33-25)20-5-3-4-19-18(20)7-8-21(19)27-14-23(31)30-10-11-30/h3-6,9,12,15,21,27H,7-8,10-11,14H2,1-2H3/t21-/m1/s1. The summed E-state index contributed by atoms with van der Waals surface area (Å²) in [4.78, 5) is 18.5. The highest BCUT2D eigenvalue weighted by Gasteiger charge is 2.29. The number of carbonyl (C=O) groups excluding carboxylic acids is 1. The molecule has 0 saturated carbocycles. The Labute approximate surface area is 192 Å². The number of amides is 1. The van der Waals surface area contributed by atoms with E-state index in [1.165, 1.54) is 11.1 Å². The van der Waals surface area contributed by atoms with Crippen molar-refractivity contribution in [2.75, 3.05) is 19.6 Å². The van der Waals surface area contributed by atoms with Crippen LogP contribution in [-0.4, -0.2) is 46.7 Å². The van der Waals surface area contributed by atoms with Crippen molar-refractivity contribution in [1.29, 1.82) is 5.26 Å². The Kier molecular flexibility index (Phi) is 5.56. The summed E-state index contributed by atoms with van der Waals surface area (Å²) in [7, 11) is 0. The summed E-state index contributed by atoms with van der Waals surface area (Å²) in [5.74, 6) is 1.56. The molecule has 168 valence electrons. The Morgan fingerprint density at radius 2 is 2.18 bits per heavy atom. The molecule has 2 heterocycles. The van der Waals surface area contributed by atoms with Crippen molar-refractivity contribution < 1.29 is 14.1 Å². The van der Waals surface area contributed by atoms with Crippen LogP contribution in [0.2, 0.25) is 0 Å². The van der Waals surface area contributed by atoms with E-state index in [0.717, 1.165) is 31.5 Å². The van der Waals surface area contributed by atoms with Gasteiger partial charge in [-0.25, -0.2) is 0 Å². The number of carbonyl (C=O) groups is 1. The Bertz CT molecular complexity index is 1240. The molecule has 1 saturated heterocycles. The fourth-order valence-corrected chi connectivity index (χ4v) is 4.25. The zero-order chi connectivity index (χ0) is 22.9. The van der Waals surface area contributed by atoms with Gasteiger partial charge in [0, 0.05) is 30.3 Å². The zero-order valence-electron chi connectivity index (χ0n) is 18.7. The summed E-state index contributed by atoms with van der Waals surface area (Å²) < 4.78 is 11.2. The molecule has 1 aliphatic heterocycles. The molecule has 1 atom stereocenters. The van der Waals surface area contributed by atoms with E-state index in [0.29, 0.717) is 35.1 Å². The van der Waals surface area contributed by atoms with E-state index in [-0.39, 0.29) is 18.1 Å². The van der Waals surface area contributed by atoms with Gasteiger partial charge < -0.3 is 19.5 Å². The number of nitrogens with one attached hydrogen (secondary N) is 1. The third-order valence-electron chi connectivity index (χ3n) is 5.95. The van der Waals surface area contributed by atoms with Gasteiger partial charge >= 0.3 is 0 Å². The molecule has 1 amide bonds. The molecule has 8 nitrogen and oxygen atoms in total. The van der Waals surface area contributed by atoms with Crippen LogP contribution in [0.4, 0.5) is 0 Å². The number of hydrogen-bond donors (Lipinski definition) is 1. The quantitative estimate of drug-likeness (QED) is 0.558. The molecule has 0 bridgehead atoms. The van der Waals surface area contributed by atoms with Crippen LogP contribution in [0, 0.1) is 11.3 Å². The molecule has 1 aromatic heterocycles.